The number of aryl methyl sites for hydroxylation is 1. The number of hydrogen-bond donors (Lipinski definition) is 0. The lowest BCUT2D eigenvalue weighted by atomic mass is 10.1. The molecule has 0 spiro atoms. The van der Waals surface area contributed by atoms with E-state index < -0.39 is 10.2 Å². The quantitative estimate of drug-likeness (QED) is 0.284. The molecule has 0 saturated carbocycles. The van der Waals surface area contributed by atoms with E-state index in [1.54, 1.807) is 35.6 Å². The number of aromatic nitrogens is 2. The molecule has 4 rings (SSSR count). The van der Waals surface area contributed by atoms with Gasteiger partial charge in [0, 0.05) is 28.6 Å². The van der Waals surface area contributed by atoms with Crippen LogP contribution in [0, 0.1) is 20.4 Å². The molecule has 2 heterocycles. The number of allylic oxidation sites excluding steroid dienone is 1. The Morgan fingerprint density at radius 2 is 1.81 bits per heavy atom. The van der Waals surface area contributed by atoms with Crippen LogP contribution in [0.3, 0.4) is 0 Å². The lowest BCUT2D eigenvalue weighted by Crippen LogP contribution is -2.68. The van der Waals surface area contributed by atoms with Crippen molar-refractivity contribution in [2.75, 3.05) is 0 Å². The molecule has 140 valence electrons. The van der Waals surface area contributed by atoms with E-state index in [0.717, 1.165) is 23.4 Å². The minimum absolute atomic E-state index is 0.118. The van der Waals surface area contributed by atoms with Crippen LogP contribution in [-0.2, 0) is 6.42 Å². The molecule has 1 aliphatic carbocycles. The van der Waals surface area contributed by atoms with Gasteiger partial charge in [0.05, 0.1) is 4.92 Å². The van der Waals surface area contributed by atoms with Crippen molar-refractivity contribution in [2.45, 2.75) is 12.8 Å². The fourth-order valence-corrected chi connectivity index (χ4v) is 3.53. The summed E-state index contributed by atoms with van der Waals surface area (Å²) >= 11 is 1.62. The van der Waals surface area contributed by atoms with Crippen molar-refractivity contribution in [3.8, 4) is 0 Å². The number of halogens is 1. The number of rotatable bonds is 2. The molecule has 0 amide bonds. The van der Waals surface area contributed by atoms with Crippen molar-refractivity contribution in [3.05, 3.63) is 69.0 Å². The summed E-state index contributed by atoms with van der Waals surface area (Å²) in [5.41, 5.74) is 4.82. The summed E-state index contributed by atoms with van der Waals surface area (Å²) in [5.74, 6) is 0. The van der Waals surface area contributed by atoms with E-state index in [9.17, 15) is 10.1 Å². The largest absolute Gasteiger partial charge is 0.387 e. The van der Waals surface area contributed by atoms with Crippen molar-refractivity contribution in [3.63, 3.8) is 0 Å². The summed E-state index contributed by atoms with van der Waals surface area (Å²) in [4.78, 5) is 15.8. The number of non-ortho nitro benzene ring substituents is 1. The second-order valence-electron chi connectivity index (χ2n) is 5.58. The summed E-state index contributed by atoms with van der Waals surface area (Å²) in [6, 6.07) is 6.67. The molecular formula is C16H12ClN3O6S. The van der Waals surface area contributed by atoms with E-state index in [1.807, 2.05) is 17.8 Å². The zero-order valence-corrected chi connectivity index (χ0v) is 15.2. The van der Waals surface area contributed by atoms with Gasteiger partial charge in [0.1, 0.15) is 18.1 Å². The smallest absolute Gasteiger partial charge is 0.258 e. The van der Waals surface area contributed by atoms with Gasteiger partial charge in [-0.05, 0) is 41.6 Å². The molecule has 0 saturated heterocycles. The number of nitrogens with zero attached hydrogens (tertiary/aromatic N) is 3. The minimum atomic E-state index is -4.94. The van der Waals surface area contributed by atoms with Gasteiger partial charge >= 0.3 is 4.96 Å². The first-order valence-electron chi connectivity index (χ1n) is 7.56. The van der Waals surface area contributed by atoms with Crippen molar-refractivity contribution in [1.29, 1.82) is 0 Å². The van der Waals surface area contributed by atoms with Gasteiger partial charge in [0.25, 0.3) is 5.69 Å². The molecule has 9 nitrogen and oxygen atoms in total. The second kappa shape index (κ2) is 7.64. The Kier molecular flexibility index (Phi) is 5.46. The highest BCUT2D eigenvalue weighted by atomic mass is 35.7. The van der Waals surface area contributed by atoms with Crippen LogP contribution in [-0.4, -0.2) is 9.91 Å². The van der Waals surface area contributed by atoms with E-state index in [2.05, 4.69) is 15.5 Å². The van der Waals surface area contributed by atoms with Crippen molar-refractivity contribution in [1.82, 2.24) is 4.98 Å². The lowest BCUT2D eigenvalue weighted by Gasteiger charge is -2.17. The third-order valence-corrected chi connectivity index (χ3v) is 4.65. The third kappa shape index (κ3) is 4.83. The molecule has 0 atom stereocenters. The van der Waals surface area contributed by atoms with Gasteiger partial charge in [-0.3, -0.25) is 10.1 Å². The highest BCUT2D eigenvalue weighted by Crippen LogP contribution is 2.31. The summed E-state index contributed by atoms with van der Waals surface area (Å²) in [5, 5.41) is 12.8. The number of fused-ring (bicyclic) bond motifs is 3. The maximum Gasteiger partial charge on any atom is 0.387 e. The normalized spacial score (nSPS) is 14.7. The van der Waals surface area contributed by atoms with Gasteiger partial charge in [-0.25, -0.2) is 18.6 Å². The Hall–Kier alpha value is -2.47. The maximum absolute atomic E-state index is 10.7. The van der Waals surface area contributed by atoms with Crippen LogP contribution in [0.25, 0.3) is 16.6 Å². The number of nitro groups is 1. The molecule has 2 aromatic heterocycles. The fraction of sp³-hybridized carbons (Fsp3) is 0.125. The van der Waals surface area contributed by atoms with Crippen molar-refractivity contribution >= 4 is 33.6 Å². The first-order chi connectivity index (χ1) is 12.7. The molecule has 0 radical (unpaired) electrons. The van der Waals surface area contributed by atoms with Gasteiger partial charge in [-0.1, -0.05) is 11.3 Å². The monoisotopic (exact) mass is 409 g/mol. The van der Waals surface area contributed by atoms with Crippen LogP contribution in [0.5, 0.6) is 0 Å². The Morgan fingerprint density at radius 3 is 2.44 bits per heavy atom. The van der Waals surface area contributed by atoms with Crippen molar-refractivity contribution in [2.24, 2.45) is 0 Å². The SMILES string of the molecule is O=[N+]([O-])c1ccc(/C=C2/CCc3cnc4scc[n+]4c32)cc1.[O-][Cl+3]([O-])([O-])[O-]. The first-order valence-corrected chi connectivity index (χ1v) is 9.67. The Balaban J connectivity index is 0.000000376. The van der Waals surface area contributed by atoms with Crippen LogP contribution in [0.1, 0.15) is 23.2 Å². The average Bonchev–Trinajstić information content (AvgIpc) is 3.20. The fourth-order valence-electron chi connectivity index (χ4n) is 2.85. The van der Waals surface area contributed by atoms with Gasteiger partial charge in [-0.15, -0.1) is 10.2 Å². The maximum atomic E-state index is 10.7. The zero-order valence-electron chi connectivity index (χ0n) is 13.6. The Bertz CT molecular complexity index is 1010. The van der Waals surface area contributed by atoms with Crippen LogP contribution < -0.4 is 23.0 Å². The van der Waals surface area contributed by atoms with E-state index in [-0.39, 0.29) is 10.6 Å². The summed E-state index contributed by atoms with van der Waals surface area (Å²) in [6.07, 6.45) is 8.06. The van der Waals surface area contributed by atoms with Gasteiger partial charge in [0.2, 0.25) is 0 Å². The molecule has 1 aliphatic rings. The zero-order chi connectivity index (χ0) is 19.6. The van der Waals surface area contributed by atoms with Gasteiger partial charge in [-0.2, -0.15) is 4.40 Å². The van der Waals surface area contributed by atoms with Crippen molar-refractivity contribution < 1.29 is 38.2 Å². The minimum Gasteiger partial charge on any atom is -0.258 e. The molecular weight excluding hydrogens is 398 g/mol. The standard InChI is InChI=1S/C16H12N3O2S.ClHO4/c20-19(21)14-5-1-11(2-6-14)9-12-3-4-13-10-17-16-18(15(12)13)7-8-22-16;2-1(3,4)5/h1-2,5-10H,3-4H2;(H,2,3,4,5)/q+1;/p-1/b12-9-;. The molecule has 0 bridgehead atoms. The molecule has 3 aromatic rings. The van der Waals surface area contributed by atoms with E-state index in [1.165, 1.54) is 16.8 Å². The van der Waals surface area contributed by atoms with E-state index >= 15 is 0 Å². The van der Waals surface area contributed by atoms with Crippen LogP contribution in [0.4, 0.5) is 5.69 Å². The number of benzene rings is 1. The van der Waals surface area contributed by atoms with Crippen LogP contribution >= 0.6 is 11.3 Å². The highest BCUT2D eigenvalue weighted by molar-refractivity contribution is 7.14. The molecule has 0 unspecified atom stereocenters. The molecule has 11 heteroatoms. The molecule has 1 aromatic carbocycles. The summed E-state index contributed by atoms with van der Waals surface area (Å²) in [7, 11) is -4.94. The lowest BCUT2D eigenvalue weighted by molar-refractivity contribution is -2.00. The second-order valence-corrected chi connectivity index (χ2v) is 7.21. The molecule has 0 fully saturated rings. The van der Waals surface area contributed by atoms with Gasteiger partial charge in [0.15, 0.2) is 0 Å². The topological polar surface area (TPSA) is 152 Å². The van der Waals surface area contributed by atoms with Crippen LogP contribution in [0.2, 0.25) is 0 Å². The number of thiazole rings is 1. The average molecular weight is 410 g/mol. The Labute approximate surface area is 159 Å². The van der Waals surface area contributed by atoms with Gasteiger partial charge < -0.3 is 0 Å². The van der Waals surface area contributed by atoms with Crippen LogP contribution in [0.15, 0.2) is 42.0 Å². The highest BCUT2D eigenvalue weighted by Gasteiger charge is 2.25. The number of hydrogen-bond acceptors (Lipinski definition) is 8. The molecule has 0 N–H and O–H groups in total. The van der Waals surface area contributed by atoms with E-state index in [4.69, 9.17) is 18.6 Å². The predicted octanol–water partition coefficient (Wildman–Crippen LogP) is -1.48. The summed E-state index contributed by atoms with van der Waals surface area (Å²) < 4.78 is 36.1. The predicted molar refractivity (Wildman–Crippen MR) is 84.6 cm³/mol. The Morgan fingerprint density at radius 1 is 1.15 bits per heavy atom. The first kappa shape index (κ1) is 19.3. The molecule has 0 aliphatic heterocycles. The van der Waals surface area contributed by atoms with E-state index in [0.29, 0.717) is 0 Å². The summed E-state index contributed by atoms with van der Waals surface area (Å²) in [6.45, 7) is 0. The third-order valence-electron chi connectivity index (χ3n) is 3.88. The number of nitro benzene ring substituents is 1. The molecule has 27 heavy (non-hydrogen) atoms.